The van der Waals surface area contributed by atoms with Gasteiger partial charge in [-0.15, -0.1) is 0 Å². The van der Waals surface area contributed by atoms with Crippen LogP contribution in [0, 0.1) is 0 Å². The van der Waals surface area contributed by atoms with E-state index >= 15 is 0 Å². The minimum atomic E-state index is -3.90. The molecule has 0 saturated heterocycles. The Morgan fingerprint density at radius 2 is 1.37 bits per heavy atom. The number of hydrogen-bond acceptors (Lipinski definition) is 2. The summed E-state index contributed by atoms with van der Waals surface area (Å²) in [5, 5.41) is 0.688. The summed E-state index contributed by atoms with van der Waals surface area (Å²) in [5.74, 6) is -0.257. The number of halogens is 1. The maximum atomic E-state index is 10.7. The van der Waals surface area contributed by atoms with E-state index in [1.54, 1.807) is 0 Å². The van der Waals surface area contributed by atoms with Gasteiger partial charge in [-0.25, -0.2) is 0 Å². The van der Waals surface area contributed by atoms with Crippen molar-refractivity contribution in [1.29, 1.82) is 0 Å². The molecule has 2 aromatic rings. The lowest BCUT2D eigenvalue weighted by Gasteiger charge is -2.04. The van der Waals surface area contributed by atoms with Crippen LogP contribution in [0.5, 0.6) is 0 Å². The molecular formula is C14H13ClO3S. The van der Waals surface area contributed by atoms with E-state index in [4.69, 9.17) is 16.2 Å². The molecule has 0 radical (unpaired) electrons. The lowest BCUT2D eigenvalue weighted by molar-refractivity contribution is 0.482. The number of benzene rings is 2. The van der Waals surface area contributed by atoms with Gasteiger partial charge in [0.15, 0.2) is 0 Å². The fourth-order valence-electron chi connectivity index (χ4n) is 1.75. The first-order valence-electron chi connectivity index (χ1n) is 5.74. The number of hydrogen-bond donors (Lipinski definition) is 1. The third-order valence-corrected chi connectivity index (χ3v) is 3.75. The summed E-state index contributed by atoms with van der Waals surface area (Å²) in [6.45, 7) is 0. The molecule has 0 atom stereocenters. The van der Waals surface area contributed by atoms with Crippen LogP contribution in [0.2, 0.25) is 5.02 Å². The van der Waals surface area contributed by atoms with Gasteiger partial charge in [-0.3, -0.25) is 4.55 Å². The molecule has 0 aliphatic rings. The molecule has 5 heteroatoms. The van der Waals surface area contributed by atoms with Gasteiger partial charge >= 0.3 is 0 Å². The average molecular weight is 297 g/mol. The number of aryl methyl sites for hydroxylation is 1. The van der Waals surface area contributed by atoms with E-state index in [1.165, 1.54) is 0 Å². The summed E-state index contributed by atoms with van der Waals surface area (Å²) in [7, 11) is -3.90. The van der Waals surface area contributed by atoms with E-state index in [-0.39, 0.29) is 5.75 Å². The summed E-state index contributed by atoms with van der Waals surface area (Å²) in [6.07, 6.45) is 0.305. The van der Waals surface area contributed by atoms with Crippen molar-refractivity contribution in [3.05, 3.63) is 59.1 Å². The topological polar surface area (TPSA) is 54.4 Å². The highest BCUT2D eigenvalue weighted by Gasteiger charge is 2.05. The molecule has 100 valence electrons. The van der Waals surface area contributed by atoms with E-state index in [1.807, 2.05) is 48.5 Å². The lowest BCUT2D eigenvalue weighted by Crippen LogP contribution is -2.06. The minimum absolute atomic E-state index is 0.257. The molecule has 0 fully saturated rings. The SMILES string of the molecule is O=S(=O)(O)CCc1ccc(-c2ccc(Cl)cc2)cc1. The van der Waals surface area contributed by atoms with Crippen LogP contribution in [-0.2, 0) is 16.5 Å². The maximum absolute atomic E-state index is 10.7. The Balaban J connectivity index is 2.12. The van der Waals surface area contributed by atoms with Crippen molar-refractivity contribution in [2.45, 2.75) is 6.42 Å². The van der Waals surface area contributed by atoms with E-state index in [2.05, 4.69) is 0 Å². The zero-order valence-electron chi connectivity index (χ0n) is 10.1. The second-order valence-corrected chi connectivity index (χ2v) is 6.25. The van der Waals surface area contributed by atoms with Gasteiger partial charge in [-0.1, -0.05) is 48.0 Å². The zero-order valence-corrected chi connectivity index (χ0v) is 11.7. The lowest BCUT2D eigenvalue weighted by atomic mass is 10.0. The molecule has 0 unspecified atom stereocenters. The Bertz CT molecular complexity index is 646. The second kappa shape index (κ2) is 5.74. The minimum Gasteiger partial charge on any atom is -0.286 e. The van der Waals surface area contributed by atoms with Crippen LogP contribution in [0.25, 0.3) is 11.1 Å². The Labute approximate surface area is 117 Å². The Morgan fingerprint density at radius 3 is 1.84 bits per heavy atom. The summed E-state index contributed by atoms with van der Waals surface area (Å²) in [6, 6.07) is 15.0. The van der Waals surface area contributed by atoms with Crippen LogP contribution in [0.3, 0.4) is 0 Å². The van der Waals surface area contributed by atoms with Crippen molar-refractivity contribution in [1.82, 2.24) is 0 Å². The first-order chi connectivity index (χ1) is 8.94. The molecule has 19 heavy (non-hydrogen) atoms. The van der Waals surface area contributed by atoms with Crippen molar-refractivity contribution in [3.63, 3.8) is 0 Å². The molecule has 2 aromatic carbocycles. The van der Waals surface area contributed by atoms with Crippen molar-refractivity contribution >= 4 is 21.7 Å². The molecule has 0 aliphatic carbocycles. The molecule has 0 spiro atoms. The molecule has 2 rings (SSSR count). The highest BCUT2D eigenvalue weighted by atomic mass is 35.5. The third kappa shape index (κ3) is 4.35. The third-order valence-electron chi connectivity index (χ3n) is 2.78. The summed E-state index contributed by atoms with van der Waals surface area (Å²) in [4.78, 5) is 0. The molecule has 0 amide bonds. The second-order valence-electron chi connectivity index (χ2n) is 4.24. The standard InChI is InChI=1S/C14H13ClO3S/c15-14-7-5-13(6-8-14)12-3-1-11(2-4-12)9-10-19(16,17)18/h1-8H,9-10H2,(H,16,17,18). The van der Waals surface area contributed by atoms with Crippen LogP contribution in [-0.4, -0.2) is 18.7 Å². The van der Waals surface area contributed by atoms with Crippen LogP contribution in [0.1, 0.15) is 5.56 Å². The largest absolute Gasteiger partial charge is 0.286 e. The summed E-state index contributed by atoms with van der Waals surface area (Å²) < 4.78 is 30.0. The average Bonchev–Trinajstić information content (AvgIpc) is 2.37. The van der Waals surface area contributed by atoms with Crippen LogP contribution in [0.4, 0.5) is 0 Å². The highest BCUT2D eigenvalue weighted by Crippen LogP contribution is 2.22. The van der Waals surface area contributed by atoms with Crippen LogP contribution >= 0.6 is 11.6 Å². The molecule has 0 aromatic heterocycles. The smallest absolute Gasteiger partial charge is 0.265 e. The summed E-state index contributed by atoms with van der Waals surface area (Å²) >= 11 is 5.83. The number of rotatable bonds is 4. The fraction of sp³-hybridized carbons (Fsp3) is 0.143. The Morgan fingerprint density at radius 1 is 0.895 bits per heavy atom. The monoisotopic (exact) mass is 296 g/mol. The Kier molecular flexibility index (Phi) is 4.24. The highest BCUT2D eigenvalue weighted by molar-refractivity contribution is 7.85. The van der Waals surface area contributed by atoms with Crippen molar-refractivity contribution < 1.29 is 13.0 Å². The van der Waals surface area contributed by atoms with Gasteiger partial charge in [-0.05, 0) is 35.2 Å². The zero-order chi connectivity index (χ0) is 13.9. The van der Waals surface area contributed by atoms with Crippen molar-refractivity contribution in [2.24, 2.45) is 0 Å². The van der Waals surface area contributed by atoms with Gasteiger partial charge in [0, 0.05) is 5.02 Å². The predicted molar refractivity (Wildman–Crippen MR) is 77.0 cm³/mol. The van der Waals surface area contributed by atoms with Crippen LogP contribution in [0.15, 0.2) is 48.5 Å². The van der Waals surface area contributed by atoms with Crippen molar-refractivity contribution in [3.8, 4) is 11.1 Å². The quantitative estimate of drug-likeness (QED) is 0.879. The van der Waals surface area contributed by atoms with Crippen molar-refractivity contribution in [2.75, 3.05) is 5.75 Å². The normalized spacial score (nSPS) is 11.5. The van der Waals surface area contributed by atoms with Gasteiger partial charge in [0.25, 0.3) is 10.1 Å². The fourth-order valence-corrected chi connectivity index (χ4v) is 2.37. The van der Waals surface area contributed by atoms with E-state index in [9.17, 15) is 8.42 Å². The van der Waals surface area contributed by atoms with E-state index < -0.39 is 10.1 Å². The predicted octanol–water partition coefficient (Wildman–Crippen LogP) is 3.44. The molecule has 0 bridgehead atoms. The molecule has 1 N–H and O–H groups in total. The Hall–Kier alpha value is -1.36. The van der Waals surface area contributed by atoms with Gasteiger partial charge in [0.2, 0.25) is 0 Å². The van der Waals surface area contributed by atoms with E-state index in [0.717, 1.165) is 16.7 Å². The van der Waals surface area contributed by atoms with Gasteiger partial charge in [0.05, 0.1) is 5.75 Å². The van der Waals surface area contributed by atoms with Gasteiger partial charge in [0.1, 0.15) is 0 Å². The van der Waals surface area contributed by atoms with Gasteiger partial charge in [-0.2, -0.15) is 8.42 Å². The molecule has 3 nitrogen and oxygen atoms in total. The maximum Gasteiger partial charge on any atom is 0.265 e. The van der Waals surface area contributed by atoms with Crippen LogP contribution < -0.4 is 0 Å². The first kappa shape index (κ1) is 14.1. The summed E-state index contributed by atoms with van der Waals surface area (Å²) in [5.41, 5.74) is 2.95. The first-order valence-corrected chi connectivity index (χ1v) is 7.73. The molecule has 0 aliphatic heterocycles. The molecule has 0 saturated carbocycles. The van der Waals surface area contributed by atoms with E-state index in [0.29, 0.717) is 11.4 Å². The van der Waals surface area contributed by atoms with Gasteiger partial charge < -0.3 is 0 Å². The molecular weight excluding hydrogens is 284 g/mol. The molecule has 0 heterocycles.